The van der Waals surface area contributed by atoms with Gasteiger partial charge in [0.15, 0.2) is 5.57 Å². The normalized spacial score (nSPS) is 12.3. The first-order valence-electron chi connectivity index (χ1n) is 11.2. The molecule has 0 aliphatic heterocycles. The van der Waals surface area contributed by atoms with Crippen LogP contribution in [0.25, 0.3) is 28.7 Å². The number of thiazole rings is 1. The zero-order chi connectivity index (χ0) is 26.6. The Morgan fingerprint density at radius 2 is 1.79 bits per heavy atom. The number of hydrogen-bond acceptors (Lipinski definition) is 6. The van der Waals surface area contributed by atoms with E-state index in [0.717, 1.165) is 11.3 Å². The van der Waals surface area contributed by atoms with Gasteiger partial charge >= 0.3 is 0 Å². The van der Waals surface area contributed by atoms with Crippen LogP contribution in [0.4, 0.5) is 0 Å². The summed E-state index contributed by atoms with van der Waals surface area (Å²) in [6, 6.07) is 22.7. The molecule has 38 heavy (non-hydrogen) atoms. The second kappa shape index (κ2) is 11.0. The average Bonchev–Trinajstić information content (AvgIpc) is 3.66. The standard InChI is InChI=1S/C28H17Cl2N3O4S/c29-21-9-4-10-22(30)25(21)23-12-11-18(37-23)14-24-27(35)33(17-6-2-1-3-7-17)28(38-24)20(15-31)26(34)32-16-19-8-5-13-36-19/h1-14H,16H2,(H,32,34). The summed E-state index contributed by atoms with van der Waals surface area (Å²) in [6.45, 7) is 0.0940. The maximum Gasteiger partial charge on any atom is 0.273 e. The fourth-order valence-electron chi connectivity index (χ4n) is 3.75. The van der Waals surface area contributed by atoms with Crippen LogP contribution in [0.1, 0.15) is 11.5 Å². The van der Waals surface area contributed by atoms with Gasteiger partial charge in [0.25, 0.3) is 11.5 Å². The first kappa shape index (κ1) is 25.4. The highest BCUT2D eigenvalue weighted by atomic mass is 35.5. The maximum atomic E-state index is 13.6. The quantitative estimate of drug-likeness (QED) is 0.318. The van der Waals surface area contributed by atoms with Crippen molar-refractivity contribution in [3.05, 3.63) is 120 Å². The van der Waals surface area contributed by atoms with Gasteiger partial charge in [0.2, 0.25) is 0 Å². The lowest BCUT2D eigenvalue weighted by Crippen LogP contribution is -2.33. The lowest BCUT2D eigenvalue weighted by molar-refractivity contribution is -0.115. The summed E-state index contributed by atoms with van der Waals surface area (Å²) >= 11 is 13.6. The molecule has 188 valence electrons. The molecule has 0 spiro atoms. The van der Waals surface area contributed by atoms with E-state index in [-0.39, 0.29) is 21.3 Å². The van der Waals surface area contributed by atoms with E-state index in [1.807, 2.05) is 12.1 Å². The molecule has 0 saturated heterocycles. The minimum absolute atomic E-state index is 0.0940. The van der Waals surface area contributed by atoms with Crippen LogP contribution in [0.5, 0.6) is 0 Å². The molecule has 3 aromatic heterocycles. The highest BCUT2D eigenvalue weighted by molar-refractivity contribution is 7.07. The molecule has 1 amide bonds. The summed E-state index contributed by atoms with van der Waals surface area (Å²) in [7, 11) is 0. The maximum absolute atomic E-state index is 13.6. The molecule has 7 nitrogen and oxygen atoms in total. The van der Waals surface area contributed by atoms with Crippen molar-refractivity contribution < 1.29 is 13.6 Å². The van der Waals surface area contributed by atoms with E-state index in [2.05, 4.69) is 5.32 Å². The van der Waals surface area contributed by atoms with Crippen molar-refractivity contribution in [1.82, 2.24) is 9.88 Å². The number of aromatic nitrogens is 1. The fraction of sp³-hybridized carbons (Fsp3) is 0.0357. The third-order valence-corrected chi connectivity index (χ3v) is 7.23. The van der Waals surface area contributed by atoms with E-state index in [1.54, 1.807) is 72.8 Å². The number of furan rings is 2. The van der Waals surface area contributed by atoms with Crippen molar-refractivity contribution in [2.24, 2.45) is 0 Å². The third kappa shape index (κ3) is 5.08. The Morgan fingerprint density at radius 3 is 2.47 bits per heavy atom. The van der Waals surface area contributed by atoms with Crippen molar-refractivity contribution in [3.8, 4) is 23.1 Å². The predicted octanol–water partition coefficient (Wildman–Crippen LogP) is 4.88. The smallest absolute Gasteiger partial charge is 0.273 e. The minimum Gasteiger partial charge on any atom is -0.467 e. The van der Waals surface area contributed by atoms with Crippen LogP contribution in [0.3, 0.4) is 0 Å². The van der Waals surface area contributed by atoms with E-state index < -0.39 is 11.5 Å². The van der Waals surface area contributed by atoms with Crippen LogP contribution >= 0.6 is 34.5 Å². The summed E-state index contributed by atoms with van der Waals surface area (Å²) in [4.78, 5) is 26.5. The van der Waals surface area contributed by atoms with Crippen molar-refractivity contribution in [2.75, 3.05) is 0 Å². The van der Waals surface area contributed by atoms with Crippen molar-refractivity contribution >= 4 is 52.1 Å². The first-order valence-corrected chi connectivity index (χ1v) is 12.8. The zero-order valence-corrected chi connectivity index (χ0v) is 21.8. The average molecular weight is 562 g/mol. The van der Waals surface area contributed by atoms with E-state index >= 15 is 0 Å². The number of nitrogens with one attached hydrogen (secondary N) is 1. The number of rotatable bonds is 6. The van der Waals surface area contributed by atoms with E-state index in [4.69, 9.17) is 32.0 Å². The van der Waals surface area contributed by atoms with Crippen LogP contribution in [0.15, 0.2) is 92.7 Å². The van der Waals surface area contributed by atoms with E-state index in [0.29, 0.717) is 38.6 Å². The molecule has 3 heterocycles. The second-order valence-corrected chi connectivity index (χ2v) is 9.78. The molecule has 0 fully saturated rings. The van der Waals surface area contributed by atoms with Gasteiger partial charge in [0.05, 0.1) is 38.6 Å². The molecule has 5 aromatic rings. The number of amides is 1. The number of halogens is 2. The van der Waals surface area contributed by atoms with Gasteiger partial charge in [0.1, 0.15) is 28.0 Å². The predicted molar refractivity (Wildman–Crippen MR) is 146 cm³/mol. The van der Waals surface area contributed by atoms with Crippen LogP contribution < -0.4 is 20.1 Å². The Labute approximate surface area is 230 Å². The largest absolute Gasteiger partial charge is 0.467 e. The summed E-state index contributed by atoms with van der Waals surface area (Å²) < 4.78 is 13.0. The first-order chi connectivity index (χ1) is 18.5. The molecule has 1 N–H and O–H groups in total. The Bertz CT molecular complexity index is 1830. The SMILES string of the molecule is N#CC(C(=O)NCc1ccco1)=c1sc(=Cc2ccc(-c3c(Cl)cccc3Cl)o2)c(=O)n1-c1ccccc1. The molecule has 5 rings (SSSR count). The topological polar surface area (TPSA) is 101 Å². The second-order valence-electron chi connectivity index (χ2n) is 7.94. The van der Waals surface area contributed by atoms with Crippen molar-refractivity contribution in [2.45, 2.75) is 6.54 Å². The molecule has 0 saturated carbocycles. The Morgan fingerprint density at radius 1 is 1.03 bits per heavy atom. The molecular weight excluding hydrogens is 545 g/mol. The summed E-state index contributed by atoms with van der Waals surface area (Å²) in [5.41, 5.74) is 0.442. The highest BCUT2D eigenvalue weighted by Gasteiger charge is 2.18. The van der Waals surface area contributed by atoms with Gasteiger partial charge in [-0.15, -0.1) is 11.3 Å². The number of para-hydroxylation sites is 1. The molecule has 0 bridgehead atoms. The zero-order valence-electron chi connectivity index (χ0n) is 19.5. The minimum atomic E-state index is -0.630. The Hall–Kier alpha value is -4.29. The monoisotopic (exact) mass is 561 g/mol. The lowest BCUT2D eigenvalue weighted by atomic mass is 10.2. The van der Waals surface area contributed by atoms with Crippen LogP contribution in [-0.2, 0) is 11.3 Å². The Kier molecular flexibility index (Phi) is 7.33. The number of carbonyl (C=O) groups is 1. The van der Waals surface area contributed by atoms with Gasteiger partial charge in [-0.3, -0.25) is 14.2 Å². The number of benzene rings is 2. The van der Waals surface area contributed by atoms with Crippen LogP contribution in [-0.4, -0.2) is 10.5 Å². The van der Waals surface area contributed by atoms with E-state index in [9.17, 15) is 14.9 Å². The molecular formula is C28H17Cl2N3O4S. The lowest BCUT2D eigenvalue weighted by Gasteiger charge is -2.04. The van der Waals surface area contributed by atoms with Crippen LogP contribution in [0.2, 0.25) is 10.0 Å². The van der Waals surface area contributed by atoms with Crippen molar-refractivity contribution in [1.29, 1.82) is 5.26 Å². The number of nitrogens with zero attached hydrogens (tertiary/aromatic N) is 2. The molecule has 0 unspecified atom stereocenters. The molecule has 0 atom stereocenters. The fourth-order valence-corrected chi connectivity index (χ4v) is 5.42. The molecule has 0 radical (unpaired) electrons. The third-order valence-electron chi connectivity index (χ3n) is 5.50. The van der Waals surface area contributed by atoms with Crippen molar-refractivity contribution in [3.63, 3.8) is 0 Å². The number of carbonyl (C=O) groups excluding carboxylic acids is 1. The van der Waals surface area contributed by atoms with Gasteiger partial charge in [-0.05, 0) is 48.5 Å². The van der Waals surface area contributed by atoms with E-state index in [1.165, 1.54) is 10.8 Å². The highest BCUT2D eigenvalue weighted by Crippen LogP contribution is 2.35. The summed E-state index contributed by atoms with van der Waals surface area (Å²) in [6.07, 6.45) is 3.05. The summed E-state index contributed by atoms with van der Waals surface area (Å²) in [5.74, 6) is 0.717. The Balaban J connectivity index is 1.64. The van der Waals surface area contributed by atoms with Gasteiger partial charge in [-0.1, -0.05) is 47.5 Å². The van der Waals surface area contributed by atoms with Gasteiger partial charge in [-0.2, -0.15) is 5.26 Å². The van der Waals surface area contributed by atoms with Gasteiger partial charge in [-0.25, -0.2) is 0 Å². The molecule has 2 aromatic carbocycles. The number of nitriles is 1. The number of hydrogen-bond donors (Lipinski definition) is 1. The molecule has 10 heteroatoms. The summed E-state index contributed by atoms with van der Waals surface area (Å²) in [5, 5.41) is 13.4. The molecule has 0 aliphatic carbocycles. The van der Waals surface area contributed by atoms with Crippen LogP contribution in [0, 0.1) is 11.3 Å². The molecule has 0 aliphatic rings. The van der Waals surface area contributed by atoms with Gasteiger partial charge in [0, 0.05) is 6.08 Å². The van der Waals surface area contributed by atoms with Gasteiger partial charge < -0.3 is 14.2 Å².